The summed E-state index contributed by atoms with van der Waals surface area (Å²) in [6.07, 6.45) is 0. The first-order chi connectivity index (χ1) is 13.8. The molecule has 1 amide bonds. The minimum absolute atomic E-state index is 0.0862. The van der Waals surface area contributed by atoms with Gasteiger partial charge in [0.05, 0.1) is 17.0 Å². The molecule has 0 aliphatic carbocycles. The molecule has 1 heterocycles. The number of hydrazone groups is 1. The smallest absolute Gasteiger partial charge is 0.280 e. The van der Waals surface area contributed by atoms with E-state index in [4.69, 9.17) is 0 Å². The number of aromatic hydroxyl groups is 2. The molecule has 9 heteroatoms. The lowest BCUT2D eigenvalue weighted by Gasteiger charge is -2.04. The molecule has 0 bridgehead atoms. The fourth-order valence-electron chi connectivity index (χ4n) is 2.85. The number of phenols is 2. The van der Waals surface area contributed by atoms with Gasteiger partial charge in [0, 0.05) is 11.3 Å². The minimum Gasteiger partial charge on any atom is -0.504 e. The van der Waals surface area contributed by atoms with E-state index < -0.39 is 23.9 Å². The molecular weight excluding hydrogens is 379 g/mol. The van der Waals surface area contributed by atoms with E-state index in [-0.39, 0.29) is 22.6 Å². The molecule has 0 aliphatic heterocycles. The zero-order valence-electron chi connectivity index (χ0n) is 15.7. The van der Waals surface area contributed by atoms with Crippen LogP contribution in [0.3, 0.4) is 0 Å². The highest BCUT2D eigenvalue weighted by Gasteiger charge is 2.16. The molecule has 150 valence electrons. The van der Waals surface area contributed by atoms with E-state index in [0.29, 0.717) is 16.9 Å². The molecule has 2 aromatic carbocycles. The number of aromatic amines is 1. The van der Waals surface area contributed by atoms with Crippen LogP contribution in [0.15, 0.2) is 52.4 Å². The van der Waals surface area contributed by atoms with Crippen molar-refractivity contribution in [2.24, 2.45) is 5.10 Å². The predicted octanol–water partition coefficient (Wildman–Crippen LogP) is 2.51. The number of hydrogen-bond acceptors (Lipinski definition) is 5. The van der Waals surface area contributed by atoms with Crippen LogP contribution < -0.4 is 11.0 Å². The Labute approximate surface area is 164 Å². The van der Waals surface area contributed by atoms with Gasteiger partial charge in [0.2, 0.25) is 0 Å². The number of carbonyl (C=O) groups is 1. The number of benzene rings is 2. The van der Waals surface area contributed by atoms with Gasteiger partial charge in [0.25, 0.3) is 11.5 Å². The summed E-state index contributed by atoms with van der Waals surface area (Å²) in [7, 11) is 0. The van der Waals surface area contributed by atoms with E-state index in [9.17, 15) is 24.2 Å². The molecule has 0 aliphatic rings. The van der Waals surface area contributed by atoms with Gasteiger partial charge in [-0.3, -0.25) is 14.7 Å². The first-order valence-corrected chi connectivity index (χ1v) is 8.65. The number of hydrogen-bond donors (Lipinski definition) is 4. The fourth-order valence-corrected chi connectivity index (χ4v) is 2.85. The van der Waals surface area contributed by atoms with Crippen LogP contribution in [0.2, 0.25) is 0 Å². The van der Waals surface area contributed by atoms with Gasteiger partial charge in [-0.15, -0.1) is 0 Å². The van der Waals surface area contributed by atoms with E-state index in [1.54, 1.807) is 38.1 Å². The average Bonchev–Trinajstić information content (AvgIpc) is 3.02. The van der Waals surface area contributed by atoms with E-state index in [0.717, 1.165) is 6.07 Å². The normalized spacial score (nSPS) is 11.5. The fraction of sp³-hybridized carbons (Fsp3) is 0.150. The molecule has 0 atom stereocenters. The molecule has 0 saturated carbocycles. The topological polar surface area (TPSA) is 120 Å². The lowest BCUT2D eigenvalue weighted by Crippen LogP contribution is -2.23. The van der Waals surface area contributed by atoms with Gasteiger partial charge in [0.15, 0.2) is 11.5 Å². The van der Waals surface area contributed by atoms with E-state index >= 15 is 0 Å². The quantitative estimate of drug-likeness (QED) is 0.300. The van der Waals surface area contributed by atoms with Crippen LogP contribution in [0.1, 0.15) is 34.1 Å². The highest BCUT2D eigenvalue weighted by Crippen LogP contribution is 2.24. The molecular formula is C20H19FN4O4. The third-order valence-corrected chi connectivity index (χ3v) is 4.32. The number of phenolic OH excluding ortho intramolecular Hbond substituents is 2. The Kier molecular flexibility index (Phi) is 5.49. The number of amides is 1. The molecule has 0 fully saturated rings. The van der Waals surface area contributed by atoms with Crippen molar-refractivity contribution in [1.29, 1.82) is 0 Å². The van der Waals surface area contributed by atoms with Crippen molar-refractivity contribution in [2.45, 2.75) is 20.5 Å². The van der Waals surface area contributed by atoms with Gasteiger partial charge in [0.1, 0.15) is 6.67 Å². The molecule has 8 nitrogen and oxygen atoms in total. The number of H-pyrrole nitrogens is 1. The van der Waals surface area contributed by atoms with E-state index in [1.165, 1.54) is 16.8 Å². The highest BCUT2D eigenvalue weighted by molar-refractivity contribution is 6.01. The summed E-state index contributed by atoms with van der Waals surface area (Å²) in [4.78, 5) is 25.0. The summed E-state index contributed by atoms with van der Waals surface area (Å²) in [5, 5.41) is 25.7. The summed E-state index contributed by atoms with van der Waals surface area (Å²) in [5.74, 6) is -1.40. The lowest BCUT2D eigenvalue weighted by molar-refractivity contribution is 0.0954. The Morgan fingerprint density at radius 2 is 1.97 bits per heavy atom. The second-order valence-corrected chi connectivity index (χ2v) is 6.40. The Morgan fingerprint density at radius 1 is 1.21 bits per heavy atom. The van der Waals surface area contributed by atoms with Gasteiger partial charge >= 0.3 is 0 Å². The number of aromatic nitrogens is 2. The second-order valence-electron chi connectivity index (χ2n) is 6.40. The van der Waals surface area contributed by atoms with Crippen molar-refractivity contribution >= 4 is 11.6 Å². The van der Waals surface area contributed by atoms with Crippen molar-refractivity contribution in [3.05, 3.63) is 75.2 Å². The van der Waals surface area contributed by atoms with Crippen LogP contribution in [0.4, 0.5) is 4.39 Å². The Morgan fingerprint density at radius 3 is 2.66 bits per heavy atom. The maximum Gasteiger partial charge on any atom is 0.280 e. The summed E-state index contributed by atoms with van der Waals surface area (Å²) >= 11 is 0. The van der Waals surface area contributed by atoms with Gasteiger partial charge in [-0.1, -0.05) is 12.1 Å². The average molecular weight is 398 g/mol. The van der Waals surface area contributed by atoms with Crippen molar-refractivity contribution in [1.82, 2.24) is 15.2 Å². The summed E-state index contributed by atoms with van der Waals surface area (Å²) < 4.78 is 14.2. The number of nitrogens with one attached hydrogen (secondary N) is 2. The van der Waals surface area contributed by atoms with Gasteiger partial charge in [-0.05, 0) is 49.7 Å². The Hall–Kier alpha value is -3.88. The third-order valence-electron chi connectivity index (χ3n) is 4.32. The molecule has 0 saturated heterocycles. The minimum atomic E-state index is -0.644. The first-order valence-electron chi connectivity index (χ1n) is 8.65. The SMILES string of the molecule is CC(=NNC(=O)c1ccc(O)c(O)c1)c1c(C)[nH]n(-c2cccc(CF)c2)c1=O. The van der Waals surface area contributed by atoms with Crippen LogP contribution in [0.5, 0.6) is 11.5 Å². The molecule has 0 unspecified atom stereocenters. The summed E-state index contributed by atoms with van der Waals surface area (Å²) in [6.45, 7) is 2.61. The van der Waals surface area contributed by atoms with Crippen LogP contribution in [0, 0.1) is 6.92 Å². The number of halogens is 1. The van der Waals surface area contributed by atoms with Gasteiger partial charge in [-0.2, -0.15) is 5.10 Å². The van der Waals surface area contributed by atoms with E-state index in [2.05, 4.69) is 15.6 Å². The number of alkyl halides is 1. The van der Waals surface area contributed by atoms with Crippen molar-refractivity contribution in [3.8, 4) is 17.2 Å². The molecule has 1 aromatic heterocycles. The van der Waals surface area contributed by atoms with Gasteiger partial charge < -0.3 is 10.2 Å². The lowest BCUT2D eigenvalue weighted by atomic mass is 10.2. The number of nitrogens with zero attached hydrogens (tertiary/aromatic N) is 2. The first kappa shape index (κ1) is 19.9. The molecule has 0 radical (unpaired) electrons. The third kappa shape index (κ3) is 4.03. The number of carbonyl (C=O) groups excluding carboxylic acids is 1. The van der Waals surface area contributed by atoms with Crippen LogP contribution >= 0.6 is 0 Å². The van der Waals surface area contributed by atoms with Crippen LogP contribution in [0.25, 0.3) is 5.69 Å². The summed E-state index contributed by atoms with van der Waals surface area (Å²) in [5.41, 5.74) is 3.99. The zero-order chi connectivity index (χ0) is 21.1. The molecule has 0 spiro atoms. The Bertz CT molecular complexity index is 1160. The van der Waals surface area contributed by atoms with Crippen LogP contribution in [-0.2, 0) is 6.67 Å². The molecule has 4 N–H and O–H groups in total. The standard InChI is InChI=1S/C20H19FN4O4/c1-11(22-23-19(28)14-6-7-16(26)17(27)9-14)18-12(2)24-25(20(18)29)15-5-3-4-13(8-15)10-21/h3-9,24,26-27H,10H2,1-2H3,(H,23,28). The van der Waals surface area contributed by atoms with Gasteiger partial charge in [-0.25, -0.2) is 14.5 Å². The monoisotopic (exact) mass is 398 g/mol. The molecule has 29 heavy (non-hydrogen) atoms. The van der Waals surface area contributed by atoms with E-state index in [1.807, 2.05) is 0 Å². The van der Waals surface area contributed by atoms with Crippen molar-refractivity contribution in [2.75, 3.05) is 0 Å². The number of rotatable bonds is 5. The largest absolute Gasteiger partial charge is 0.504 e. The van der Waals surface area contributed by atoms with Crippen molar-refractivity contribution in [3.63, 3.8) is 0 Å². The van der Waals surface area contributed by atoms with Crippen LogP contribution in [-0.4, -0.2) is 31.6 Å². The highest BCUT2D eigenvalue weighted by atomic mass is 19.1. The molecule has 3 aromatic rings. The second kappa shape index (κ2) is 8.01. The maximum atomic E-state index is 12.9. The zero-order valence-corrected chi connectivity index (χ0v) is 15.7. The number of aryl methyl sites for hydroxylation is 1. The predicted molar refractivity (Wildman–Crippen MR) is 105 cm³/mol. The van der Waals surface area contributed by atoms with Crippen molar-refractivity contribution < 1.29 is 19.4 Å². The molecule has 3 rings (SSSR count). The maximum absolute atomic E-state index is 12.9. The Balaban J connectivity index is 1.88. The summed E-state index contributed by atoms with van der Waals surface area (Å²) in [6, 6.07) is 10.1.